The zero-order valence-electron chi connectivity index (χ0n) is 14.2. The maximum Gasteiger partial charge on any atom is 0.416 e. The summed E-state index contributed by atoms with van der Waals surface area (Å²) >= 11 is 0. The predicted octanol–water partition coefficient (Wildman–Crippen LogP) is 2.62. The molecule has 2 atom stereocenters. The molecule has 1 aromatic carbocycles. The highest BCUT2D eigenvalue weighted by Crippen LogP contribution is 2.44. The molecule has 2 N–H and O–H groups in total. The Balaban J connectivity index is 1.70. The van der Waals surface area contributed by atoms with Crippen LogP contribution in [0.2, 0.25) is 0 Å². The Morgan fingerprint density at radius 2 is 2.16 bits per heavy atom. The molecule has 3 rings (SSSR count). The number of morpholine rings is 1. The highest BCUT2D eigenvalue weighted by molar-refractivity contribution is 5.82. The third-order valence-corrected chi connectivity index (χ3v) is 5.31. The summed E-state index contributed by atoms with van der Waals surface area (Å²) in [5.74, 6) is -0.162. The standard InChI is InChI=1S/C18H23F3N2O2/c1-12-15(22-8-9-25-12)16(24)23-11-17(6-3-7-17)13-4-2-5-14(10-13)18(19,20)21/h2,4-5,10,12,15,22H,3,6-9,11H2,1H3,(H,23,24)/t12-,15+/m1/s1. The first-order valence-electron chi connectivity index (χ1n) is 8.62. The molecule has 1 aliphatic carbocycles. The van der Waals surface area contributed by atoms with Gasteiger partial charge in [0.05, 0.1) is 18.3 Å². The van der Waals surface area contributed by atoms with E-state index in [0.717, 1.165) is 25.3 Å². The smallest absolute Gasteiger partial charge is 0.375 e. The van der Waals surface area contributed by atoms with Crippen LogP contribution in [0.25, 0.3) is 0 Å². The lowest BCUT2D eigenvalue weighted by Gasteiger charge is -2.43. The van der Waals surface area contributed by atoms with E-state index < -0.39 is 23.2 Å². The average Bonchev–Trinajstić information content (AvgIpc) is 2.53. The molecule has 1 amide bonds. The van der Waals surface area contributed by atoms with Crippen molar-refractivity contribution in [2.45, 2.75) is 49.9 Å². The van der Waals surface area contributed by atoms with Gasteiger partial charge in [-0.2, -0.15) is 13.2 Å². The Hall–Kier alpha value is -1.60. The molecule has 0 unspecified atom stereocenters. The minimum Gasteiger partial charge on any atom is -0.375 e. The van der Waals surface area contributed by atoms with Gasteiger partial charge in [-0.15, -0.1) is 0 Å². The van der Waals surface area contributed by atoms with Gasteiger partial charge in [0.2, 0.25) is 5.91 Å². The van der Waals surface area contributed by atoms with Crippen molar-refractivity contribution in [1.82, 2.24) is 10.6 Å². The third-order valence-electron chi connectivity index (χ3n) is 5.31. The maximum atomic E-state index is 13.0. The molecule has 1 aromatic rings. The van der Waals surface area contributed by atoms with E-state index in [-0.39, 0.29) is 12.0 Å². The first kappa shape index (κ1) is 18.2. The van der Waals surface area contributed by atoms with Gasteiger partial charge in [-0.05, 0) is 31.4 Å². The lowest BCUT2D eigenvalue weighted by molar-refractivity contribution is -0.137. The Morgan fingerprint density at radius 1 is 1.40 bits per heavy atom. The molecule has 0 bridgehead atoms. The number of nitrogens with one attached hydrogen (secondary N) is 2. The van der Waals surface area contributed by atoms with Crippen LogP contribution in [0, 0.1) is 0 Å². The van der Waals surface area contributed by atoms with Crippen LogP contribution in [-0.4, -0.2) is 37.7 Å². The van der Waals surface area contributed by atoms with Gasteiger partial charge in [0.25, 0.3) is 0 Å². The number of amides is 1. The molecule has 0 aromatic heterocycles. The maximum absolute atomic E-state index is 13.0. The summed E-state index contributed by atoms with van der Waals surface area (Å²) in [6.45, 7) is 3.36. The number of carbonyl (C=O) groups is 1. The van der Waals surface area contributed by atoms with Crippen molar-refractivity contribution < 1.29 is 22.7 Å². The summed E-state index contributed by atoms with van der Waals surface area (Å²) in [6.07, 6.45) is -2.08. The molecule has 138 valence electrons. The van der Waals surface area contributed by atoms with E-state index in [1.54, 1.807) is 6.07 Å². The number of ether oxygens (including phenoxy) is 1. The fourth-order valence-electron chi connectivity index (χ4n) is 3.59. The minimum absolute atomic E-state index is 0.162. The van der Waals surface area contributed by atoms with Gasteiger partial charge in [-0.1, -0.05) is 24.6 Å². The zero-order chi connectivity index (χ0) is 18.1. The molecule has 4 nitrogen and oxygen atoms in total. The molecular weight excluding hydrogens is 333 g/mol. The second kappa shape index (κ2) is 6.96. The molecule has 25 heavy (non-hydrogen) atoms. The SMILES string of the molecule is C[C@H]1OCCN[C@@H]1C(=O)NCC1(c2cccc(C(F)(F)F)c2)CCC1. The first-order valence-corrected chi connectivity index (χ1v) is 8.62. The van der Waals surface area contributed by atoms with Crippen LogP contribution in [0.5, 0.6) is 0 Å². The van der Waals surface area contributed by atoms with Gasteiger partial charge in [0.1, 0.15) is 6.04 Å². The van der Waals surface area contributed by atoms with Crippen LogP contribution in [0.3, 0.4) is 0 Å². The van der Waals surface area contributed by atoms with E-state index in [2.05, 4.69) is 10.6 Å². The van der Waals surface area contributed by atoms with Crippen molar-refractivity contribution in [3.05, 3.63) is 35.4 Å². The summed E-state index contributed by atoms with van der Waals surface area (Å²) in [7, 11) is 0. The van der Waals surface area contributed by atoms with E-state index in [0.29, 0.717) is 25.3 Å². The summed E-state index contributed by atoms with van der Waals surface area (Å²) in [5.41, 5.74) is -0.399. The van der Waals surface area contributed by atoms with Crippen LogP contribution < -0.4 is 10.6 Å². The topological polar surface area (TPSA) is 50.4 Å². The van der Waals surface area contributed by atoms with E-state index in [1.807, 2.05) is 6.92 Å². The number of benzene rings is 1. The number of alkyl halides is 3. The van der Waals surface area contributed by atoms with Gasteiger partial charge in [0, 0.05) is 18.5 Å². The predicted molar refractivity (Wildman–Crippen MR) is 87.2 cm³/mol. The fourth-order valence-corrected chi connectivity index (χ4v) is 3.59. The Labute approximate surface area is 145 Å². The number of carbonyl (C=O) groups excluding carboxylic acids is 1. The Bertz CT molecular complexity index is 629. The Kier molecular flexibility index (Phi) is 5.06. The number of hydrogen-bond donors (Lipinski definition) is 2. The molecular formula is C18H23F3N2O2. The second-order valence-electron chi connectivity index (χ2n) is 6.94. The first-order chi connectivity index (χ1) is 11.8. The van der Waals surface area contributed by atoms with Crippen LogP contribution in [0.15, 0.2) is 24.3 Å². The molecule has 1 saturated heterocycles. The largest absolute Gasteiger partial charge is 0.416 e. The van der Waals surface area contributed by atoms with Gasteiger partial charge < -0.3 is 15.4 Å². The molecule has 0 spiro atoms. The highest BCUT2D eigenvalue weighted by atomic mass is 19.4. The molecule has 1 saturated carbocycles. The number of hydrogen-bond acceptors (Lipinski definition) is 3. The molecule has 0 radical (unpaired) electrons. The third kappa shape index (κ3) is 3.82. The zero-order valence-corrected chi connectivity index (χ0v) is 14.2. The average molecular weight is 356 g/mol. The van der Waals surface area contributed by atoms with E-state index >= 15 is 0 Å². The molecule has 1 aliphatic heterocycles. The monoisotopic (exact) mass is 356 g/mol. The van der Waals surface area contributed by atoms with Crippen LogP contribution in [0.1, 0.15) is 37.3 Å². The fraction of sp³-hybridized carbons (Fsp3) is 0.611. The van der Waals surface area contributed by atoms with E-state index in [9.17, 15) is 18.0 Å². The summed E-state index contributed by atoms with van der Waals surface area (Å²) < 4.78 is 44.4. The second-order valence-corrected chi connectivity index (χ2v) is 6.94. The molecule has 2 fully saturated rings. The lowest BCUT2D eigenvalue weighted by atomic mass is 9.64. The van der Waals surface area contributed by atoms with Gasteiger partial charge in [-0.25, -0.2) is 0 Å². The van der Waals surface area contributed by atoms with E-state index in [1.165, 1.54) is 12.1 Å². The van der Waals surface area contributed by atoms with Crippen molar-refractivity contribution in [2.75, 3.05) is 19.7 Å². The van der Waals surface area contributed by atoms with Crippen molar-refractivity contribution in [2.24, 2.45) is 0 Å². The van der Waals surface area contributed by atoms with Crippen LogP contribution in [0.4, 0.5) is 13.2 Å². The summed E-state index contributed by atoms with van der Waals surface area (Å²) in [5, 5.41) is 6.04. The lowest BCUT2D eigenvalue weighted by Crippen LogP contribution is -2.57. The quantitative estimate of drug-likeness (QED) is 0.872. The van der Waals surface area contributed by atoms with Gasteiger partial charge >= 0.3 is 6.18 Å². The minimum atomic E-state index is -4.36. The molecule has 7 heteroatoms. The Morgan fingerprint density at radius 3 is 2.76 bits per heavy atom. The van der Waals surface area contributed by atoms with Gasteiger partial charge in [0.15, 0.2) is 0 Å². The van der Waals surface area contributed by atoms with Crippen molar-refractivity contribution in [3.63, 3.8) is 0 Å². The van der Waals surface area contributed by atoms with Crippen molar-refractivity contribution in [3.8, 4) is 0 Å². The van der Waals surface area contributed by atoms with E-state index in [4.69, 9.17) is 4.74 Å². The number of halogens is 3. The summed E-state index contributed by atoms with van der Waals surface area (Å²) in [6, 6.07) is 5.05. The van der Waals surface area contributed by atoms with Gasteiger partial charge in [-0.3, -0.25) is 4.79 Å². The summed E-state index contributed by atoms with van der Waals surface area (Å²) in [4.78, 5) is 12.4. The van der Waals surface area contributed by atoms with Crippen molar-refractivity contribution >= 4 is 5.91 Å². The molecule has 1 heterocycles. The van der Waals surface area contributed by atoms with Crippen LogP contribution >= 0.6 is 0 Å². The molecule has 2 aliphatic rings. The van der Waals surface area contributed by atoms with Crippen molar-refractivity contribution in [1.29, 1.82) is 0 Å². The normalized spacial score (nSPS) is 25.9. The highest BCUT2D eigenvalue weighted by Gasteiger charge is 2.41. The van der Waals surface area contributed by atoms with Crippen LogP contribution in [-0.2, 0) is 21.1 Å². The number of rotatable bonds is 4.